The number of rotatable bonds is 10. The van der Waals surface area contributed by atoms with E-state index in [1.807, 2.05) is 22.9 Å². The van der Waals surface area contributed by atoms with Crippen molar-refractivity contribution in [1.29, 1.82) is 0 Å². The van der Waals surface area contributed by atoms with Crippen molar-refractivity contribution in [3.05, 3.63) is 129 Å². The third-order valence-electron chi connectivity index (χ3n) is 14.1. The number of amides is 5. The van der Waals surface area contributed by atoms with Crippen LogP contribution in [0.5, 0.6) is 5.75 Å². The smallest absolute Gasteiger partial charge is 0.328 e. The second kappa shape index (κ2) is 18.3. The van der Waals surface area contributed by atoms with E-state index < -0.39 is 29.2 Å². The number of fused-ring (bicyclic) bond motifs is 1. The zero-order valence-electron chi connectivity index (χ0n) is 39.0. The number of aliphatic imine (C=N–C) groups is 1. The van der Waals surface area contributed by atoms with Gasteiger partial charge in [-0.2, -0.15) is 0 Å². The fourth-order valence-electron chi connectivity index (χ4n) is 9.90. The summed E-state index contributed by atoms with van der Waals surface area (Å²) in [6, 6.07) is 21.6. The number of anilines is 3. The Kier molecular flexibility index (Phi) is 12.4. The lowest BCUT2D eigenvalue weighted by Crippen LogP contribution is -2.50. The average Bonchev–Trinajstić information content (AvgIpc) is 3.78. The van der Waals surface area contributed by atoms with Crippen LogP contribution in [0, 0.1) is 24.0 Å². The quantitative estimate of drug-likeness (QED) is 0.110. The van der Waals surface area contributed by atoms with Crippen LogP contribution in [0.25, 0.3) is 11.3 Å². The summed E-state index contributed by atoms with van der Waals surface area (Å²) in [6.07, 6.45) is 4.15. The number of methoxy groups -OCH3 is 1. The number of ether oxygens (including phenoxy) is 1. The predicted molar refractivity (Wildman–Crippen MR) is 256 cm³/mol. The SMILES string of the molecule is COc1ccc(C(=O)N2CCC3(CCN(Cc4ccc(-c5cc6c([nH]5)N(C)CN=C6c5cc(F)cc(NC(=O)c6ccc(C(C)(C)O)cc6F)c5C)cc4)CC3)CC2)cc1N1CCC(=O)NC1=O. The molecule has 9 rings (SSSR count). The number of aromatic amines is 1. The van der Waals surface area contributed by atoms with Gasteiger partial charge in [0.1, 0.15) is 29.9 Å². The zero-order chi connectivity index (χ0) is 48.1. The highest BCUT2D eigenvalue weighted by Gasteiger charge is 2.39. The van der Waals surface area contributed by atoms with Gasteiger partial charge in [-0.25, -0.2) is 13.6 Å². The Hall–Kier alpha value is -6.91. The van der Waals surface area contributed by atoms with Gasteiger partial charge in [-0.05, 0) is 136 Å². The largest absolute Gasteiger partial charge is 0.495 e. The molecule has 14 nitrogen and oxygen atoms in total. The number of piperidine rings is 2. The van der Waals surface area contributed by atoms with Gasteiger partial charge in [0.05, 0.1) is 29.7 Å². The topological polar surface area (TPSA) is 163 Å². The minimum Gasteiger partial charge on any atom is -0.495 e. The Labute approximate surface area is 394 Å². The van der Waals surface area contributed by atoms with Crippen molar-refractivity contribution >= 4 is 46.7 Å². The van der Waals surface area contributed by atoms with Gasteiger partial charge in [-0.3, -0.25) is 34.5 Å². The maximum Gasteiger partial charge on any atom is 0.328 e. The zero-order valence-corrected chi connectivity index (χ0v) is 39.0. The fourth-order valence-corrected chi connectivity index (χ4v) is 9.90. The van der Waals surface area contributed by atoms with Crippen molar-refractivity contribution < 1.29 is 37.8 Å². The molecule has 16 heteroatoms. The number of nitrogens with one attached hydrogen (secondary N) is 3. The van der Waals surface area contributed by atoms with Crippen LogP contribution in [-0.2, 0) is 16.9 Å². The van der Waals surface area contributed by atoms with Crippen LogP contribution in [0.15, 0.2) is 83.9 Å². The number of H-pyrrole nitrogens is 1. The molecule has 0 radical (unpaired) electrons. The molecule has 3 fully saturated rings. The summed E-state index contributed by atoms with van der Waals surface area (Å²) in [6.45, 7) is 9.44. The molecule has 3 saturated heterocycles. The molecule has 4 N–H and O–H groups in total. The van der Waals surface area contributed by atoms with E-state index in [9.17, 15) is 24.3 Å². The molecule has 1 spiro atoms. The van der Waals surface area contributed by atoms with Crippen LogP contribution in [0.4, 0.5) is 30.8 Å². The molecule has 0 atom stereocenters. The number of hydrogen-bond acceptors (Lipinski definition) is 9. The van der Waals surface area contributed by atoms with E-state index in [0.29, 0.717) is 59.2 Å². The molecular weight excluding hydrogens is 871 g/mol. The summed E-state index contributed by atoms with van der Waals surface area (Å²) in [5, 5.41) is 15.3. The highest BCUT2D eigenvalue weighted by molar-refractivity contribution is 6.19. The number of halogens is 2. The van der Waals surface area contributed by atoms with Gasteiger partial charge in [0, 0.05) is 67.7 Å². The lowest BCUT2D eigenvalue weighted by molar-refractivity contribution is -0.120. The van der Waals surface area contributed by atoms with E-state index in [4.69, 9.17) is 9.73 Å². The number of carbonyl (C=O) groups excluding carboxylic acids is 4. The lowest BCUT2D eigenvalue weighted by Gasteiger charge is -2.47. The molecule has 68 heavy (non-hydrogen) atoms. The number of aliphatic hydroxyl groups is 1. The first-order chi connectivity index (χ1) is 32.5. The number of urea groups is 1. The predicted octanol–water partition coefficient (Wildman–Crippen LogP) is 7.97. The molecule has 4 aliphatic heterocycles. The second-order valence-corrected chi connectivity index (χ2v) is 19.0. The first kappa shape index (κ1) is 46.2. The van der Waals surface area contributed by atoms with Crippen molar-refractivity contribution in [2.24, 2.45) is 10.4 Å². The number of carbonyl (C=O) groups is 4. The van der Waals surface area contributed by atoms with Gasteiger partial charge in [-0.15, -0.1) is 0 Å². The molecule has 354 valence electrons. The minimum absolute atomic E-state index is 0.0797. The van der Waals surface area contributed by atoms with Gasteiger partial charge >= 0.3 is 6.03 Å². The molecule has 0 bridgehead atoms. The molecule has 5 amide bonds. The third kappa shape index (κ3) is 9.22. The van der Waals surface area contributed by atoms with Crippen molar-refractivity contribution in [3.63, 3.8) is 0 Å². The number of likely N-dealkylation sites (tertiary alicyclic amines) is 2. The highest BCUT2D eigenvalue weighted by atomic mass is 19.1. The molecule has 4 aromatic carbocycles. The number of hydrogen-bond donors (Lipinski definition) is 4. The summed E-state index contributed by atoms with van der Waals surface area (Å²) in [5.41, 5.74) is 5.63. The number of aromatic nitrogens is 1. The summed E-state index contributed by atoms with van der Waals surface area (Å²) in [5.74, 6) is -1.24. The first-order valence-electron chi connectivity index (χ1n) is 23.0. The van der Waals surface area contributed by atoms with Gasteiger partial charge < -0.3 is 29.9 Å². The van der Waals surface area contributed by atoms with Gasteiger partial charge in [0.25, 0.3) is 11.8 Å². The van der Waals surface area contributed by atoms with Gasteiger partial charge in [-0.1, -0.05) is 30.3 Å². The summed E-state index contributed by atoms with van der Waals surface area (Å²) >= 11 is 0. The Bertz CT molecular complexity index is 2830. The summed E-state index contributed by atoms with van der Waals surface area (Å²) < 4.78 is 35.9. The fraction of sp³-hybridized carbons (Fsp3) is 0.365. The van der Waals surface area contributed by atoms with Crippen LogP contribution < -0.4 is 25.2 Å². The molecule has 5 heterocycles. The second-order valence-electron chi connectivity index (χ2n) is 19.0. The Morgan fingerprint density at radius 1 is 0.897 bits per heavy atom. The van der Waals surface area contributed by atoms with E-state index in [-0.39, 0.29) is 41.4 Å². The molecular formula is C52H56F2N8O6. The Morgan fingerprint density at radius 2 is 1.62 bits per heavy atom. The maximum absolute atomic E-state index is 15.3. The first-order valence-corrected chi connectivity index (χ1v) is 23.0. The van der Waals surface area contributed by atoms with Crippen LogP contribution >= 0.6 is 0 Å². The van der Waals surface area contributed by atoms with E-state index in [1.165, 1.54) is 55.7 Å². The van der Waals surface area contributed by atoms with Crippen LogP contribution in [-0.4, -0.2) is 103 Å². The van der Waals surface area contributed by atoms with Gasteiger partial charge in [0.15, 0.2) is 0 Å². The van der Waals surface area contributed by atoms with Crippen LogP contribution in [0.3, 0.4) is 0 Å². The normalized spacial score (nSPS) is 17.5. The molecule has 0 aliphatic carbocycles. The number of benzene rings is 4. The molecule has 5 aromatic rings. The number of nitrogens with zero attached hydrogens (tertiary/aromatic N) is 5. The van der Waals surface area contributed by atoms with Crippen molar-refractivity contribution in [2.75, 3.05) is 68.7 Å². The highest BCUT2D eigenvalue weighted by Crippen LogP contribution is 2.42. The number of imide groups is 1. The standard InChI is InChI=1S/C52H56F2N8O6/c1-31-38(26-36(53)27-41(31)57-48(64)37-12-11-35(25-40(37)54)51(2,3)67)46-39-28-42(56-47(39)59(4)30-55-46)33-8-6-32(7-9-33)29-60-20-15-52(16-21-60)17-22-61(23-18-52)49(65)34-10-13-44(68-5)43(24-34)62-19-14-45(63)58-50(62)66/h6-13,24-28,56,67H,14-23,29-30H2,1-5H3,(H,57,64)(H,58,63,66). The summed E-state index contributed by atoms with van der Waals surface area (Å²) in [7, 11) is 3.44. The summed E-state index contributed by atoms with van der Waals surface area (Å²) in [4.78, 5) is 67.6. The van der Waals surface area contributed by atoms with E-state index >= 15 is 8.78 Å². The Morgan fingerprint density at radius 3 is 2.29 bits per heavy atom. The van der Waals surface area contributed by atoms with Gasteiger partial charge in [0.2, 0.25) is 5.91 Å². The van der Waals surface area contributed by atoms with Crippen molar-refractivity contribution in [2.45, 2.75) is 65.0 Å². The molecule has 0 unspecified atom stereocenters. The lowest BCUT2D eigenvalue weighted by atomic mass is 9.71. The average molecular weight is 927 g/mol. The maximum atomic E-state index is 15.3. The van der Waals surface area contributed by atoms with E-state index in [0.717, 1.165) is 74.0 Å². The Balaban J connectivity index is 0.816. The van der Waals surface area contributed by atoms with Crippen molar-refractivity contribution in [1.82, 2.24) is 20.1 Å². The molecule has 0 saturated carbocycles. The van der Waals surface area contributed by atoms with Crippen LogP contribution in [0.2, 0.25) is 0 Å². The molecule has 1 aromatic heterocycles. The van der Waals surface area contributed by atoms with E-state index in [2.05, 4.69) is 44.8 Å². The minimum atomic E-state index is -1.29. The monoisotopic (exact) mass is 926 g/mol. The third-order valence-corrected chi connectivity index (χ3v) is 14.1. The van der Waals surface area contributed by atoms with Crippen molar-refractivity contribution in [3.8, 4) is 17.0 Å². The molecule has 4 aliphatic rings. The van der Waals surface area contributed by atoms with E-state index in [1.54, 1.807) is 25.1 Å². The van der Waals surface area contributed by atoms with Crippen LogP contribution in [0.1, 0.15) is 94.5 Å².